The monoisotopic (exact) mass is 248 g/mol. The van der Waals surface area contributed by atoms with E-state index in [9.17, 15) is 4.79 Å². The lowest BCUT2D eigenvalue weighted by Gasteiger charge is -2.27. The molecule has 0 aromatic carbocycles. The van der Waals surface area contributed by atoms with Crippen molar-refractivity contribution in [1.29, 1.82) is 0 Å². The molecule has 1 fully saturated rings. The fraction of sp³-hybridized carbons (Fsp3) is 0.917. The third kappa shape index (κ3) is 5.71. The molecular weight excluding hydrogens is 224 g/mol. The van der Waals surface area contributed by atoms with Gasteiger partial charge in [-0.2, -0.15) is 0 Å². The van der Waals surface area contributed by atoms with E-state index in [1.807, 2.05) is 0 Å². The molecule has 1 saturated carbocycles. The smallest absolute Gasteiger partial charge is 0.223 e. The normalized spacial score (nSPS) is 25.8. The van der Waals surface area contributed by atoms with Crippen molar-refractivity contribution in [3.63, 3.8) is 0 Å². The lowest BCUT2D eigenvalue weighted by molar-refractivity contribution is -0.126. The van der Waals surface area contributed by atoms with Gasteiger partial charge in [0.2, 0.25) is 5.91 Å². The molecule has 2 atom stereocenters. The van der Waals surface area contributed by atoms with Gasteiger partial charge < -0.3 is 11.1 Å². The molecule has 0 heterocycles. The molecule has 2 unspecified atom stereocenters. The zero-order valence-electron chi connectivity index (χ0n) is 10.6. The average molecular weight is 249 g/mol. The second kappa shape index (κ2) is 6.45. The number of rotatable bonds is 2. The van der Waals surface area contributed by atoms with Crippen molar-refractivity contribution in [2.75, 3.05) is 6.54 Å². The molecule has 1 amide bonds. The van der Waals surface area contributed by atoms with Crippen molar-refractivity contribution < 1.29 is 4.79 Å². The first-order valence-corrected chi connectivity index (χ1v) is 5.92. The highest BCUT2D eigenvalue weighted by molar-refractivity contribution is 5.85. The number of nitrogens with two attached hydrogens (primary N) is 1. The van der Waals surface area contributed by atoms with E-state index in [2.05, 4.69) is 26.1 Å². The second-order valence-corrected chi connectivity index (χ2v) is 5.90. The number of nitrogens with one attached hydrogen (secondary N) is 1. The number of amides is 1. The topological polar surface area (TPSA) is 55.1 Å². The van der Waals surface area contributed by atoms with E-state index in [-0.39, 0.29) is 35.7 Å². The fourth-order valence-corrected chi connectivity index (χ4v) is 1.96. The number of hydrogen-bond acceptors (Lipinski definition) is 2. The molecule has 1 rings (SSSR count). The minimum atomic E-state index is 0. The Kier molecular flexibility index (Phi) is 6.34. The summed E-state index contributed by atoms with van der Waals surface area (Å²) in [6, 6.07) is 0.226. The molecule has 0 saturated heterocycles. The summed E-state index contributed by atoms with van der Waals surface area (Å²) in [6.07, 6.45) is 4.03. The van der Waals surface area contributed by atoms with Gasteiger partial charge in [-0.3, -0.25) is 4.79 Å². The third-order valence-electron chi connectivity index (χ3n) is 2.88. The van der Waals surface area contributed by atoms with E-state index in [1.165, 1.54) is 0 Å². The highest BCUT2D eigenvalue weighted by Crippen LogP contribution is 2.23. The molecule has 96 valence electrons. The predicted octanol–water partition coefficient (Wildman–Crippen LogP) is 2.09. The largest absolute Gasteiger partial charge is 0.355 e. The van der Waals surface area contributed by atoms with Gasteiger partial charge in [-0.15, -0.1) is 12.4 Å². The van der Waals surface area contributed by atoms with Crippen molar-refractivity contribution in [3.8, 4) is 0 Å². The zero-order valence-corrected chi connectivity index (χ0v) is 11.4. The van der Waals surface area contributed by atoms with E-state index < -0.39 is 0 Å². The Morgan fingerprint density at radius 3 is 2.50 bits per heavy atom. The Morgan fingerprint density at radius 1 is 1.38 bits per heavy atom. The molecule has 0 aromatic heterocycles. The lowest BCUT2D eigenvalue weighted by atomic mass is 9.85. The summed E-state index contributed by atoms with van der Waals surface area (Å²) >= 11 is 0. The summed E-state index contributed by atoms with van der Waals surface area (Å²) in [5, 5.41) is 3.02. The van der Waals surface area contributed by atoms with E-state index in [0.29, 0.717) is 0 Å². The van der Waals surface area contributed by atoms with Crippen LogP contribution in [0.15, 0.2) is 0 Å². The molecule has 1 aliphatic carbocycles. The molecule has 3 nitrogen and oxygen atoms in total. The number of hydrogen-bond donors (Lipinski definition) is 2. The Labute approximate surface area is 105 Å². The number of carbonyl (C=O) groups is 1. The highest BCUT2D eigenvalue weighted by atomic mass is 35.5. The quantitative estimate of drug-likeness (QED) is 0.786. The number of halogens is 1. The van der Waals surface area contributed by atoms with Crippen LogP contribution in [0.3, 0.4) is 0 Å². The molecule has 0 radical (unpaired) electrons. The summed E-state index contributed by atoms with van der Waals surface area (Å²) in [4.78, 5) is 11.8. The van der Waals surface area contributed by atoms with Crippen LogP contribution in [0.5, 0.6) is 0 Å². The standard InChI is InChI=1S/C12H24N2O.ClH/c1-12(2,3)8-14-11(15)9-5-4-6-10(13)7-9;/h9-10H,4-8,13H2,1-3H3,(H,14,15);1H. The molecule has 0 spiro atoms. The zero-order chi connectivity index (χ0) is 11.5. The molecule has 0 aromatic rings. The molecule has 0 bridgehead atoms. The van der Waals surface area contributed by atoms with Crippen LogP contribution in [0.2, 0.25) is 0 Å². The van der Waals surface area contributed by atoms with Crippen molar-refractivity contribution in [1.82, 2.24) is 5.32 Å². The second-order valence-electron chi connectivity index (χ2n) is 5.90. The lowest BCUT2D eigenvalue weighted by Crippen LogP contribution is -2.40. The number of carbonyl (C=O) groups excluding carboxylic acids is 1. The fourth-order valence-electron chi connectivity index (χ4n) is 1.96. The SMILES string of the molecule is CC(C)(C)CNC(=O)C1CCCC(N)C1.Cl. The van der Waals surface area contributed by atoms with Gasteiger partial charge in [0.1, 0.15) is 0 Å². The van der Waals surface area contributed by atoms with Crippen molar-refractivity contribution >= 4 is 18.3 Å². The molecule has 0 aliphatic heterocycles. The van der Waals surface area contributed by atoms with Crippen LogP contribution in [-0.4, -0.2) is 18.5 Å². The Bertz CT molecular complexity index is 226. The minimum absolute atomic E-state index is 0. The van der Waals surface area contributed by atoms with Crippen LogP contribution >= 0.6 is 12.4 Å². The van der Waals surface area contributed by atoms with Crippen molar-refractivity contribution in [3.05, 3.63) is 0 Å². The molecule has 3 N–H and O–H groups in total. The van der Waals surface area contributed by atoms with E-state index in [0.717, 1.165) is 32.2 Å². The van der Waals surface area contributed by atoms with Crippen molar-refractivity contribution in [2.45, 2.75) is 52.5 Å². The first kappa shape index (κ1) is 15.7. The van der Waals surface area contributed by atoms with Crippen LogP contribution in [0, 0.1) is 11.3 Å². The summed E-state index contributed by atoms with van der Waals surface area (Å²) in [5.74, 6) is 0.344. The van der Waals surface area contributed by atoms with Gasteiger partial charge in [-0.25, -0.2) is 0 Å². The third-order valence-corrected chi connectivity index (χ3v) is 2.88. The average Bonchev–Trinajstić information content (AvgIpc) is 2.13. The van der Waals surface area contributed by atoms with Gasteiger partial charge >= 0.3 is 0 Å². The van der Waals surface area contributed by atoms with E-state index >= 15 is 0 Å². The van der Waals surface area contributed by atoms with Crippen LogP contribution in [0.25, 0.3) is 0 Å². The summed E-state index contributed by atoms with van der Waals surface area (Å²) in [6.45, 7) is 7.12. The van der Waals surface area contributed by atoms with Gasteiger partial charge in [-0.05, 0) is 24.7 Å². The highest BCUT2D eigenvalue weighted by Gasteiger charge is 2.25. The minimum Gasteiger partial charge on any atom is -0.355 e. The maximum atomic E-state index is 11.8. The molecule has 16 heavy (non-hydrogen) atoms. The van der Waals surface area contributed by atoms with Crippen LogP contribution in [-0.2, 0) is 4.79 Å². The maximum absolute atomic E-state index is 11.8. The summed E-state index contributed by atoms with van der Waals surface area (Å²) in [5.41, 5.74) is 6.02. The maximum Gasteiger partial charge on any atom is 0.223 e. The van der Waals surface area contributed by atoms with Gasteiger partial charge in [-0.1, -0.05) is 27.2 Å². The Hall–Kier alpha value is -0.280. The van der Waals surface area contributed by atoms with Crippen molar-refractivity contribution in [2.24, 2.45) is 17.1 Å². The first-order valence-electron chi connectivity index (χ1n) is 5.92. The predicted molar refractivity (Wildman–Crippen MR) is 69.6 cm³/mol. The summed E-state index contributed by atoms with van der Waals surface area (Å²) < 4.78 is 0. The molecule has 4 heteroatoms. The molecule has 1 aliphatic rings. The van der Waals surface area contributed by atoms with Gasteiger partial charge in [0.15, 0.2) is 0 Å². The first-order chi connectivity index (χ1) is 6.88. The summed E-state index contributed by atoms with van der Waals surface area (Å²) in [7, 11) is 0. The van der Waals surface area contributed by atoms with Crippen LogP contribution in [0.1, 0.15) is 46.5 Å². The Morgan fingerprint density at radius 2 is 2.00 bits per heavy atom. The van der Waals surface area contributed by atoms with Gasteiger partial charge in [0.05, 0.1) is 0 Å². The van der Waals surface area contributed by atoms with Crippen LogP contribution < -0.4 is 11.1 Å². The molecular formula is C12H25ClN2O. The van der Waals surface area contributed by atoms with E-state index in [1.54, 1.807) is 0 Å². The van der Waals surface area contributed by atoms with E-state index in [4.69, 9.17) is 5.73 Å². The van der Waals surface area contributed by atoms with Gasteiger partial charge in [0.25, 0.3) is 0 Å². The van der Waals surface area contributed by atoms with Crippen LogP contribution in [0.4, 0.5) is 0 Å². The van der Waals surface area contributed by atoms with Gasteiger partial charge in [0, 0.05) is 18.5 Å². The Balaban J connectivity index is 0.00000225.